The highest BCUT2D eigenvalue weighted by atomic mass is 16.6. The van der Waals surface area contributed by atoms with E-state index in [0.29, 0.717) is 18.9 Å². The molecule has 1 aliphatic rings. The zero-order chi connectivity index (χ0) is 16.1. The van der Waals surface area contributed by atoms with Crippen LogP contribution in [-0.4, -0.2) is 47.1 Å². The minimum Gasteiger partial charge on any atom is -0.494 e. The number of hydrogen-bond donors (Lipinski definition) is 1. The maximum absolute atomic E-state index is 11.0. The molecule has 7 heteroatoms. The first-order valence-electron chi connectivity index (χ1n) is 7.30. The fourth-order valence-corrected chi connectivity index (χ4v) is 2.71. The molecule has 0 radical (unpaired) electrons. The summed E-state index contributed by atoms with van der Waals surface area (Å²) in [4.78, 5) is 23.3. The number of ether oxygens (including phenoxy) is 1. The monoisotopic (exact) mass is 308 g/mol. The summed E-state index contributed by atoms with van der Waals surface area (Å²) in [6.07, 6.45) is 0.788. The van der Waals surface area contributed by atoms with Gasteiger partial charge in [-0.15, -0.1) is 0 Å². The number of nitrogens with zero attached hydrogens (tertiary/aromatic N) is 2. The average Bonchev–Trinajstić information content (AvgIpc) is 2.85. The molecule has 0 spiro atoms. The highest BCUT2D eigenvalue weighted by molar-refractivity contribution is 5.71. The lowest BCUT2D eigenvalue weighted by atomic mass is 9.99. The summed E-state index contributed by atoms with van der Waals surface area (Å²) >= 11 is 0. The van der Waals surface area contributed by atoms with Crippen molar-refractivity contribution < 1.29 is 19.6 Å². The molecule has 0 unspecified atom stereocenters. The van der Waals surface area contributed by atoms with E-state index in [1.54, 1.807) is 12.1 Å². The molecule has 0 aliphatic carbocycles. The third kappa shape index (κ3) is 4.17. The van der Waals surface area contributed by atoms with Gasteiger partial charge in [-0.3, -0.25) is 14.9 Å². The van der Waals surface area contributed by atoms with E-state index in [9.17, 15) is 14.9 Å². The Hall–Kier alpha value is -2.15. The second-order valence-electron chi connectivity index (χ2n) is 5.63. The maximum Gasteiger partial charge on any atom is 0.308 e. The summed E-state index contributed by atoms with van der Waals surface area (Å²) in [5.41, 5.74) is 0.0399. The van der Waals surface area contributed by atoms with Gasteiger partial charge in [0.2, 0.25) is 0 Å². The molecule has 1 aliphatic heterocycles. The third-order valence-electron chi connectivity index (χ3n) is 3.94. The van der Waals surface area contributed by atoms with Crippen molar-refractivity contribution in [3.63, 3.8) is 0 Å². The normalized spacial score (nSPS) is 21.7. The van der Waals surface area contributed by atoms with Gasteiger partial charge >= 0.3 is 5.97 Å². The summed E-state index contributed by atoms with van der Waals surface area (Å²) in [6.45, 7) is 4.65. The van der Waals surface area contributed by atoms with Crippen LogP contribution in [0.4, 0.5) is 5.69 Å². The highest BCUT2D eigenvalue weighted by Crippen LogP contribution is 2.23. The number of carboxylic acids is 1. The van der Waals surface area contributed by atoms with Gasteiger partial charge in [0.25, 0.3) is 5.69 Å². The van der Waals surface area contributed by atoms with Crippen molar-refractivity contribution in [2.45, 2.75) is 13.3 Å². The van der Waals surface area contributed by atoms with Crippen molar-refractivity contribution in [1.29, 1.82) is 0 Å². The van der Waals surface area contributed by atoms with Gasteiger partial charge in [-0.05, 0) is 24.5 Å². The van der Waals surface area contributed by atoms with Gasteiger partial charge in [-0.1, -0.05) is 6.92 Å². The summed E-state index contributed by atoms with van der Waals surface area (Å²) in [6, 6.07) is 5.98. The van der Waals surface area contributed by atoms with Gasteiger partial charge in [0, 0.05) is 31.8 Å². The average molecular weight is 308 g/mol. The molecule has 1 N–H and O–H groups in total. The zero-order valence-electron chi connectivity index (χ0n) is 12.5. The van der Waals surface area contributed by atoms with Crippen LogP contribution in [0.25, 0.3) is 0 Å². The van der Waals surface area contributed by atoms with Crippen LogP contribution in [0.5, 0.6) is 5.75 Å². The number of nitro groups is 1. The largest absolute Gasteiger partial charge is 0.494 e. The van der Waals surface area contributed by atoms with Crippen LogP contribution in [0, 0.1) is 22.0 Å². The Bertz CT molecular complexity index is 531. The number of benzene rings is 1. The minimum atomic E-state index is -0.725. The first-order valence-corrected chi connectivity index (χ1v) is 7.30. The summed E-state index contributed by atoms with van der Waals surface area (Å²) in [7, 11) is 0. The van der Waals surface area contributed by atoms with E-state index in [4.69, 9.17) is 9.84 Å². The molecular formula is C15H20N2O5. The molecule has 0 amide bonds. The topological polar surface area (TPSA) is 92.9 Å². The Balaban J connectivity index is 1.69. The van der Waals surface area contributed by atoms with Gasteiger partial charge < -0.3 is 14.7 Å². The Labute approximate surface area is 128 Å². The second-order valence-corrected chi connectivity index (χ2v) is 5.63. The molecule has 2 atom stereocenters. The minimum absolute atomic E-state index is 0.0399. The summed E-state index contributed by atoms with van der Waals surface area (Å²) < 4.78 is 5.54. The lowest BCUT2D eigenvalue weighted by molar-refractivity contribution is -0.384. The Kier molecular flexibility index (Phi) is 5.32. The molecule has 1 saturated heterocycles. The van der Waals surface area contributed by atoms with E-state index in [-0.39, 0.29) is 17.5 Å². The summed E-state index contributed by atoms with van der Waals surface area (Å²) in [5.74, 6) is -0.232. The quantitative estimate of drug-likeness (QED) is 0.470. The second kappa shape index (κ2) is 7.22. The molecule has 2 rings (SSSR count). The highest BCUT2D eigenvalue weighted by Gasteiger charge is 2.34. The number of rotatable bonds is 7. The van der Waals surface area contributed by atoms with E-state index in [0.717, 1.165) is 19.5 Å². The van der Waals surface area contributed by atoms with Crippen molar-refractivity contribution in [2.75, 3.05) is 26.2 Å². The molecule has 0 saturated carbocycles. The van der Waals surface area contributed by atoms with Gasteiger partial charge in [0.05, 0.1) is 17.4 Å². The number of nitro benzene ring substituents is 1. The molecular weight excluding hydrogens is 288 g/mol. The fraction of sp³-hybridized carbons (Fsp3) is 0.533. The van der Waals surface area contributed by atoms with Crippen LogP contribution < -0.4 is 4.74 Å². The van der Waals surface area contributed by atoms with Gasteiger partial charge in [-0.2, -0.15) is 0 Å². The predicted molar refractivity (Wildman–Crippen MR) is 79.9 cm³/mol. The number of non-ortho nitro benzene ring substituents is 1. The van der Waals surface area contributed by atoms with E-state index >= 15 is 0 Å². The number of aliphatic carboxylic acids is 1. The Morgan fingerprint density at radius 2 is 2.09 bits per heavy atom. The predicted octanol–water partition coefficient (Wildman–Crippen LogP) is 2.02. The lowest BCUT2D eigenvalue weighted by Crippen LogP contribution is -2.25. The van der Waals surface area contributed by atoms with Crippen LogP contribution in [-0.2, 0) is 4.79 Å². The maximum atomic E-state index is 11.0. The smallest absolute Gasteiger partial charge is 0.308 e. The van der Waals surface area contributed by atoms with Crippen molar-refractivity contribution >= 4 is 11.7 Å². The van der Waals surface area contributed by atoms with Crippen molar-refractivity contribution in [2.24, 2.45) is 11.8 Å². The first kappa shape index (κ1) is 16.2. The standard InChI is InChI=1S/C15H20N2O5/c1-11-9-16(10-14(11)15(18)19)7-2-8-22-13-5-3-12(4-6-13)17(20)21/h3-6,11,14H,2,7-10H2,1H3,(H,18,19)/t11-,14-/m1/s1. The molecule has 1 aromatic rings. The third-order valence-corrected chi connectivity index (χ3v) is 3.94. The van der Waals surface area contributed by atoms with Crippen LogP contribution in [0.2, 0.25) is 0 Å². The van der Waals surface area contributed by atoms with Gasteiger partial charge in [-0.25, -0.2) is 0 Å². The molecule has 1 fully saturated rings. The number of hydrogen-bond acceptors (Lipinski definition) is 5. The number of carbonyl (C=O) groups is 1. The molecule has 0 aromatic heterocycles. The first-order chi connectivity index (χ1) is 10.5. The number of carboxylic acid groups (broad SMARTS) is 1. The molecule has 22 heavy (non-hydrogen) atoms. The molecule has 0 bridgehead atoms. The Morgan fingerprint density at radius 3 is 2.64 bits per heavy atom. The number of likely N-dealkylation sites (tertiary alicyclic amines) is 1. The van der Waals surface area contributed by atoms with Gasteiger partial charge in [0.15, 0.2) is 0 Å². The van der Waals surface area contributed by atoms with Crippen LogP contribution >= 0.6 is 0 Å². The summed E-state index contributed by atoms with van der Waals surface area (Å²) in [5, 5.41) is 19.6. The van der Waals surface area contributed by atoms with Crippen molar-refractivity contribution in [3.05, 3.63) is 34.4 Å². The van der Waals surface area contributed by atoms with Crippen LogP contribution in [0.1, 0.15) is 13.3 Å². The van der Waals surface area contributed by atoms with Crippen LogP contribution in [0.3, 0.4) is 0 Å². The van der Waals surface area contributed by atoms with E-state index in [1.165, 1.54) is 12.1 Å². The van der Waals surface area contributed by atoms with Gasteiger partial charge in [0.1, 0.15) is 5.75 Å². The lowest BCUT2D eigenvalue weighted by Gasteiger charge is -2.15. The SMILES string of the molecule is C[C@@H]1CN(CCCOc2ccc([N+](=O)[O-])cc2)C[C@H]1C(=O)O. The molecule has 7 nitrogen and oxygen atoms in total. The van der Waals surface area contributed by atoms with Crippen LogP contribution in [0.15, 0.2) is 24.3 Å². The van der Waals surface area contributed by atoms with Crippen molar-refractivity contribution in [1.82, 2.24) is 4.90 Å². The van der Waals surface area contributed by atoms with E-state index in [1.807, 2.05) is 6.92 Å². The molecule has 120 valence electrons. The molecule has 1 aromatic carbocycles. The molecule has 1 heterocycles. The Morgan fingerprint density at radius 1 is 1.41 bits per heavy atom. The fourth-order valence-electron chi connectivity index (χ4n) is 2.71. The van der Waals surface area contributed by atoms with Crippen molar-refractivity contribution in [3.8, 4) is 5.75 Å². The van der Waals surface area contributed by atoms with E-state index in [2.05, 4.69) is 4.90 Å². The zero-order valence-corrected chi connectivity index (χ0v) is 12.5. The van der Waals surface area contributed by atoms with E-state index < -0.39 is 10.9 Å².